The van der Waals surface area contributed by atoms with Crippen LogP contribution in [0.15, 0.2) is 60.7 Å². The van der Waals surface area contributed by atoms with Crippen LogP contribution in [0.3, 0.4) is 0 Å². The second-order valence-electron chi connectivity index (χ2n) is 4.18. The Bertz CT molecular complexity index is 524. The first-order chi connectivity index (χ1) is 10.2. The summed E-state index contributed by atoms with van der Waals surface area (Å²) in [5.74, 6) is 1.27. The first-order valence-electron chi connectivity index (χ1n) is 6.38. The minimum Gasteiger partial charge on any atom is -0.467 e. The molecule has 5 nitrogen and oxygen atoms in total. The molecule has 0 amide bonds. The summed E-state index contributed by atoms with van der Waals surface area (Å²) in [5, 5.41) is 0. The van der Waals surface area contributed by atoms with E-state index in [1.165, 1.54) is 6.66 Å². The Morgan fingerprint density at radius 3 is 1.52 bits per heavy atom. The maximum absolute atomic E-state index is 12.0. The summed E-state index contributed by atoms with van der Waals surface area (Å²) in [7, 11) is -3.22. The van der Waals surface area contributed by atoms with Crippen LogP contribution in [-0.4, -0.2) is 20.3 Å². The van der Waals surface area contributed by atoms with Gasteiger partial charge in [-0.05, 0) is 24.3 Å². The van der Waals surface area contributed by atoms with E-state index in [0.29, 0.717) is 11.5 Å². The van der Waals surface area contributed by atoms with Crippen LogP contribution in [0.1, 0.15) is 0 Å². The molecule has 0 aromatic heterocycles. The Labute approximate surface area is 124 Å². The highest BCUT2D eigenvalue weighted by Crippen LogP contribution is 2.43. The quantitative estimate of drug-likeness (QED) is 0.546. The van der Waals surface area contributed by atoms with Crippen molar-refractivity contribution in [3.8, 4) is 11.5 Å². The Morgan fingerprint density at radius 2 is 1.14 bits per heavy atom. The van der Waals surface area contributed by atoms with Gasteiger partial charge in [0, 0.05) is 6.66 Å². The molecular weight excluding hydrogens is 291 g/mol. The average Bonchev–Trinajstić information content (AvgIpc) is 2.49. The van der Waals surface area contributed by atoms with Crippen molar-refractivity contribution in [2.75, 3.05) is 20.3 Å². The fourth-order valence-electron chi connectivity index (χ4n) is 1.45. The molecule has 2 aromatic rings. The van der Waals surface area contributed by atoms with Crippen molar-refractivity contribution in [2.45, 2.75) is 0 Å². The molecular formula is C15H17O5P. The van der Waals surface area contributed by atoms with Crippen molar-refractivity contribution in [1.29, 1.82) is 0 Å². The van der Waals surface area contributed by atoms with Gasteiger partial charge in [-0.25, -0.2) is 0 Å². The number of hydrogen-bond acceptors (Lipinski definition) is 5. The third-order valence-electron chi connectivity index (χ3n) is 2.51. The summed E-state index contributed by atoms with van der Waals surface area (Å²) in [5.41, 5.74) is 0. The smallest absolute Gasteiger partial charge is 0.333 e. The summed E-state index contributed by atoms with van der Waals surface area (Å²) in [6.45, 7) is 1.07. The third kappa shape index (κ3) is 6.00. The van der Waals surface area contributed by atoms with Gasteiger partial charge in [0.15, 0.2) is 13.6 Å². The molecule has 6 heteroatoms. The molecule has 112 valence electrons. The molecule has 2 aromatic carbocycles. The van der Waals surface area contributed by atoms with Crippen LogP contribution >= 0.6 is 7.60 Å². The van der Waals surface area contributed by atoms with E-state index in [2.05, 4.69) is 0 Å². The molecule has 2 rings (SSSR count). The second kappa shape index (κ2) is 7.84. The van der Waals surface area contributed by atoms with Gasteiger partial charge in [0.05, 0.1) is 0 Å². The van der Waals surface area contributed by atoms with E-state index in [1.807, 2.05) is 36.4 Å². The Morgan fingerprint density at radius 1 is 0.762 bits per heavy atom. The Balaban J connectivity index is 1.68. The zero-order valence-corrected chi connectivity index (χ0v) is 12.6. The fraction of sp³-hybridized carbons (Fsp3) is 0.200. The first kappa shape index (κ1) is 15.6. The lowest BCUT2D eigenvalue weighted by Crippen LogP contribution is -2.06. The highest BCUT2D eigenvalue weighted by atomic mass is 31.2. The normalized spacial score (nSPS) is 11.1. The van der Waals surface area contributed by atoms with Gasteiger partial charge >= 0.3 is 7.60 Å². The Hall–Kier alpha value is -1.81. The predicted octanol–water partition coefficient (Wildman–Crippen LogP) is 3.92. The van der Waals surface area contributed by atoms with Gasteiger partial charge in [0.25, 0.3) is 0 Å². The molecule has 0 spiro atoms. The lowest BCUT2D eigenvalue weighted by molar-refractivity contribution is 0.0606. The lowest BCUT2D eigenvalue weighted by atomic mass is 10.3. The van der Waals surface area contributed by atoms with Crippen LogP contribution in [0, 0.1) is 0 Å². The molecule has 0 aliphatic heterocycles. The van der Waals surface area contributed by atoms with E-state index in [-0.39, 0.29) is 13.6 Å². The molecule has 0 heterocycles. The summed E-state index contributed by atoms with van der Waals surface area (Å²) < 4.78 is 32.8. The van der Waals surface area contributed by atoms with Crippen LogP contribution in [0.2, 0.25) is 0 Å². The fourth-order valence-corrected chi connectivity index (χ4v) is 2.01. The molecule has 21 heavy (non-hydrogen) atoms. The van der Waals surface area contributed by atoms with E-state index >= 15 is 0 Å². The third-order valence-corrected chi connectivity index (χ3v) is 3.66. The molecule has 0 N–H and O–H groups in total. The molecule has 0 saturated heterocycles. The van der Waals surface area contributed by atoms with Crippen molar-refractivity contribution in [1.82, 2.24) is 0 Å². The van der Waals surface area contributed by atoms with Gasteiger partial charge in [0.2, 0.25) is 0 Å². The van der Waals surface area contributed by atoms with Crippen LogP contribution < -0.4 is 9.47 Å². The molecule has 0 radical (unpaired) electrons. The number of benzene rings is 2. The largest absolute Gasteiger partial charge is 0.467 e. The van der Waals surface area contributed by atoms with Gasteiger partial charge in [-0.2, -0.15) is 0 Å². The van der Waals surface area contributed by atoms with Crippen molar-refractivity contribution < 1.29 is 23.1 Å². The number of para-hydroxylation sites is 2. The minimum atomic E-state index is -3.22. The van der Waals surface area contributed by atoms with Crippen molar-refractivity contribution in [3.63, 3.8) is 0 Å². The van der Waals surface area contributed by atoms with Crippen LogP contribution in [-0.2, 0) is 13.6 Å². The monoisotopic (exact) mass is 308 g/mol. The van der Waals surface area contributed by atoms with Crippen molar-refractivity contribution in [2.24, 2.45) is 0 Å². The SMILES string of the molecule is CP(=O)(OCOc1ccccc1)OCOc1ccccc1. The zero-order chi connectivity index (χ0) is 15.0. The standard InChI is InChI=1S/C15H17O5P/c1-21(16,19-12-17-14-8-4-2-5-9-14)20-13-18-15-10-6-3-7-11-15/h2-11H,12-13H2,1H3. The molecule has 0 atom stereocenters. The summed E-state index contributed by atoms with van der Waals surface area (Å²) in [6, 6.07) is 18.2. The highest BCUT2D eigenvalue weighted by Gasteiger charge is 2.17. The van der Waals surface area contributed by atoms with Crippen LogP contribution in [0.5, 0.6) is 11.5 Å². The van der Waals surface area contributed by atoms with Crippen molar-refractivity contribution >= 4 is 7.60 Å². The maximum Gasteiger partial charge on any atom is 0.333 e. The maximum atomic E-state index is 12.0. The molecule has 0 aliphatic carbocycles. The Kier molecular flexibility index (Phi) is 5.81. The van der Waals surface area contributed by atoms with Gasteiger partial charge in [-0.1, -0.05) is 36.4 Å². The molecule has 0 saturated carbocycles. The van der Waals surface area contributed by atoms with Gasteiger partial charge in [-0.3, -0.25) is 13.6 Å². The predicted molar refractivity (Wildman–Crippen MR) is 79.6 cm³/mol. The molecule has 0 unspecified atom stereocenters. The van der Waals surface area contributed by atoms with E-state index in [4.69, 9.17) is 18.5 Å². The highest BCUT2D eigenvalue weighted by molar-refractivity contribution is 7.52. The summed E-state index contributed by atoms with van der Waals surface area (Å²) >= 11 is 0. The van der Waals surface area contributed by atoms with Crippen LogP contribution in [0.4, 0.5) is 0 Å². The summed E-state index contributed by atoms with van der Waals surface area (Å²) in [4.78, 5) is 0. The van der Waals surface area contributed by atoms with Crippen molar-refractivity contribution in [3.05, 3.63) is 60.7 Å². The average molecular weight is 308 g/mol. The van der Waals surface area contributed by atoms with E-state index in [1.54, 1.807) is 24.3 Å². The van der Waals surface area contributed by atoms with E-state index in [0.717, 1.165) is 0 Å². The van der Waals surface area contributed by atoms with Gasteiger partial charge in [0.1, 0.15) is 11.5 Å². The van der Waals surface area contributed by atoms with Gasteiger partial charge < -0.3 is 9.47 Å². The number of ether oxygens (including phenoxy) is 2. The molecule has 0 bridgehead atoms. The van der Waals surface area contributed by atoms with E-state index in [9.17, 15) is 4.57 Å². The summed E-state index contributed by atoms with van der Waals surface area (Å²) in [6.07, 6.45) is 0. The minimum absolute atomic E-state index is 0.150. The first-order valence-corrected chi connectivity index (χ1v) is 8.37. The second-order valence-corrected chi connectivity index (χ2v) is 6.24. The van der Waals surface area contributed by atoms with Gasteiger partial charge in [-0.15, -0.1) is 0 Å². The number of rotatable bonds is 8. The molecule has 0 aliphatic rings. The zero-order valence-electron chi connectivity index (χ0n) is 11.7. The molecule has 0 fully saturated rings. The topological polar surface area (TPSA) is 54.0 Å². The van der Waals surface area contributed by atoms with Crippen LogP contribution in [0.25, 0.3) is 0 Å². The number of hydrogen-bond donors (Lipinski definition) is 0. The van der Waals surface area contributed by atoms with E-state index < -0.39 is 7.60 Å². The lowest BCUT2D eigenvalue weighted by Gasteiger charge is -2.15.